The van der Waals surface area contributed by atoms with Crippen LogP contribution in [0.1, 0.15) is 12.0 Å². The van der Waals surface area contributed by atoms with Gasteiger partial charge in [-0.3, -0.25) is 14.5 Å². The van der Waals surface area contributed by atoms with E-state index in [-0.39, 0.29) is 17.1 Å². The number of likely N-dealkylation sites (N-methyl/N-ethyl adjacent to an activating group) is 1. The third-order valence-corrected chi connectivity index (χ3v) is 3.33. The first kappa shape index (κ1) is 14.6. The first-order valence-corrected chi connectivity index (χ1v) is 6.01. The van der Waals surface area contributed by atoms with Crippen molar-refractivity contribution >= 4 is 29.1 Å². The maximum Gasteiger partial charge on any atom is 0.416 e. The van der Waals surface area contributed by atoms with Crippen molar-refractivity contribution in [3.8, 4) is 0 Å². The highest BCUT2D eigenvalue weighted by Crippen LogP contribution is 2.34. The minimum Gasteiger partial charge on any atom is -0.372 e. The summed E-state index contributed by atoms with van der Waals surface area (Å²) in [5.41, 5.74) is -0.905. The van der Waals surface area contributed by atoms with Gasteiger partial charge in [0.25, 0.3) is 5.91 Å². The molecule has 0 aliphatic carbocycles. The van der Waals surface area contributed by atoms with Crippen LogP contribution in [-0.4, -0.2) is 29.8 Å². The van der Waals surface area contributed by atoms with Crippen molar-refractivity contribution in [1.82, 2.24) is 4.90 Å². The van der Waals surface area contributed by atoms with Gasteiger partial charge in [-0.25, -0.2) is 0 Å². The molecule has 2 rings (SSSR count). The molecule has 1 aliphatic rings. The molecule has 0 spiro atoms. The number of imide groups is 1. The second kappa shape index (κ2) is 4.97. The van der Waals surface area contributed by atoms with E-state index in [9.17, 15) is 22.8 Å². The quantitative estimate of drug-likeness (QED) is 0.854. The Morgan fingerprint density at radius 2 is 2.00 bits per heavy atom. The lowest BCUT2D eigenvalue weighted by Gasteiger charge is -2.15. The smallest absolute Gasteiger partial charge is 0.372 e. The zero-order valence-electron chi connectivity index (χ0n) is 10.3. The molecule has 1 aliphatic heterocycles. The summed E-state index contributed by atoms with van der Waals surface area (Å²) in [7, 11) is 1.32. The second-order valence-electron chi connectivity index (χ2n) is 4.38. The summed E-state index contributed by atoms with van der Waals surface area (Å²) in [5.74, 6) is -0.890. The van der Waals surface area contributed by atoms with Crippen molar-refractivity contribution in [1.29, 1.82) is 0 Å². The highest BCUT2D eigenvalue weighted by Gasteiger charge is 2.37. The van der Waals surface area contributed by atoms with Gasteiger partial charge in [-0.1, -0.05) is 11.6 Å². The predicted molar refractivity (Wildman–Crippen MR) is 66.3 cm³/mol. The topological polar surface area (TPSA) is 49.4 Å². The van der Waals surface area contributed by atoms with Crippen molar-refractivity contribution in [2.45, 2.75) is 18.6 Å². The van der Waals surface area contributed by atoms with Crippen LogP contribution in [0.2, 0.25) is 5.02 Å². The fourth-order valence-corrected chi connectivity index (χ4v) is 2.04. The lowest BCUT2D eigenvalue weighted by Crippen LogP contribution is -2.31. The summed E-state index contributed by atoms with van der Waals surface area (Å²) in [4.78, 5) is 24.0. The van der Waals surface area contributed by atoms with Gasteiger partial charge in [0.2, 0.25) is 5.91 Å². The lowest BCUT2D eigenvalue weighted by atomic mass is 10.1. The minimum absolute atomic E-state index is 0.0251. The van der Waals surface area contributed by atoms with E-state index in [0.29, 0.717) is 0 Å². The zero-order valence-corrected chi connectivity index (χ0v) is 11.0. The molecule has 0 aromatic heterocycles. The molecule has 1 aromatic rings. The molecule has 108 valence electrons. The molecule has 20 heavy (non-hydrogen) atoms. The number of carbonyl (C=O) groups excluding carboxylic acids is 2. The first-order chi connectivity index (χ1) is 9.20. The second-order valence-corrected chi connectivity index (χ2v) is 4.79. The van der Waals surface area contributed by atoms with Crippen molar-refractivity contribution < 1.29 is 22.8 Å². The number of hydrogen-bond acceptors (Lipinski definition) is 3. The van der Waals surface area contributed by atoms with Crippen LogP contribution in [0.5, 0.6) is 0 Å². The van der Waals surface area contributed by atoms with Crippen LogP contribution >= 0.6 is 11.6 Å². The Balaban J connectivity index is 2.26. The van der Waals surface area contributed by atoms with Crippen molar-refractivity contribution in [2.24, 2.45) is 0 Å². The number of halogens is 4. The third-order valence-electron chi connectivity index (χ3n) is 3.00. The molecule has 1 aromatic carbocycles. The normalized spacial score (nSPS) is 19.6. The molecule has 0 saturated carbocycles. The first-order valence-electron chi connectivity index (χ1n) is 5.64. The summed E-state index contributed by atoms with van der Waals surface area (Å²) in [6, 6.07) is 1.87. The van der Waals surface area contributed by atoms with E-state index >= 15 is 0 Å². The fourth-order valence-electron chi connectivity index (χ4n) is 1.87. The van der Waals surface area contributed by atoms with Gasteiger partial charge in [0.05, 0.1) is 22.7 Å². The van der Waals surface area contributed by atoms with Gasteiger partial charge in [-0.2, -0.15) is 13.2 Å². The van der Waals surface area contributed by atoms with Gasteiger partial charge in [0.1, 0.15) is 6.04 Å². The lowest BCUT2D eigenvalue weighted by molar-refractivity contribution is -0.138. The van der Waals surface area contributed by atoms with Crippen LogP contribution in [0.3, 0.4) is 0 Å². The van der Waals surface area contributed by atoms with Gasteiger partial charge >= 0.3 is 6.18 Å². The van der Waals surface area contributed by atoms with E-state index in [0.717, 1.165) is 23.1 Å². The summed E-state index contributed by atoms with van der Waals surface area (Å²) in [5, 5.41) is 2.64. The molecule has 1 atom stereocenters. The molecule has 2 amide bonds. The zero-order chi connectivity index (χ0) is 15.1. The standard InChI is InChI=1S/C12H10ClF3N2O2/c1-18-10(19)5-9(11(18)20)17-8-4-6(12(14,15)16)2-3-7(8)13/h2-4,9,17H,5H2,1H3. The average Bonchev–Trinajstić information content (AvgIpc) is 2.58. The molecule has 4 nitrogen and oxygen atoms in total. The largest absolute Gasteiger partial charge is 0.416 e. The molecule has 8 heteroatoms. The number of carbonyl (C=O) groups is 2. The van der Waals surface area contributed by atoms with Crippen LogP contribution in [0, 0.1) is 0 Å². The molecule has 1 saturated heterocycles. The van der Waals surface area contributed by atoms with Crippen LogP contribution in [-0.2, 0) is 15.8 Å². The Labute approximate surface area is 117 Å². The number of benzene rings is 1. The van der Waals surface area contributed by atoms with Crippen LogP contribution in [0.15, 0.2) is 18.2 Å². The van der Waals surface area contributed by atoms with E-state index < -0.39 is 29.6 Å². The van der Waals surface area contributed by atoms with Crippen molar-refractivity contribution in [3.63, 3.8) is 0 Å². The Kier molecular flexibility index (Phi) is 3.64. The van der Waals surface area contributed by atoms with Crippen molar-refractivity contribution in [2.75, 3.05) is 12.4 Å². The summed E-state index contributed by atoms with van der Waals surface area (Å²) >= 11 is 5.81. The molecule has 1 heterocycles. The number of rotatable bonds is 2. The van der Waals surface area contributed by atoms with Gasteiger partial charge in [-0.05, 0) is 18.2 Å². The summed E-state index contributed by atoms with van der Waals surface area (Å²) < 4.78 is 37.8. The number of likely N-dealkylation sites (tertiary alicyclic amines) is 1. The number of nitrogens with one attached hydrogen (secondary N) is 1. The minimum atomic E-state index is -4.51. The molecule has 1 unspecified atom stereocenters. The Morgan fingerprint density at radius 3 is 2.50 bits per heavy atom. The van der Waals surface area contributed by atoms with Crippen LogP contribution in [0.4, 0.5) is 18.9 Å². The summed E-state index contributed by atoms with van der Waals surface area (Å²) in [6.07, 6.45) is -4.62. The van der Waals surface area contributed by atoms with Gasteiger partial charge < -0.3 is 5.32 Å². The van der Waals surface area contributed by atoms with E-state index in [1.165, 1.54) is 7.05 Å². The number of nitrogens with zero attached hydrogens (tertiary/aromatic N) is 1. The molecule has 0 radical (unpaired) electrons. The van der Waals surface area contributed by atoms with E-state index in [2.05, 4.69) is 5.32 Å². The number of hydrogen-bond donors (Lipinski definition) is 1. The maximum atomic E-state index is 12.6. The summed E-state index contributed by atoms with van der Waals surface area (Å²) in [6.45, 7) is 0. The van der Waals surface area contributed by atoms with Gasteiger partial charge in [0, 0.05) is 7.05 Å². The van der Waals surface area contributed by atoms with E-state index in [1.54, 1.807) is 0 Å². The monoisotopic (exact) mass is 306 g/mol. The molecule has 1 fully saturated rings. The highest BCUT2D eigenvalue weighted by molar-refractivity contribution is 6.33. The Morgan fingerprint density at radius 1 is 1.35 bits per heavy atom. The number of anilines is 1. The fraction of sp³-hybridized carbons (Fsp3) is 0.333. The van der Waals surface area contributed by atoms with Crippen LogP contribution < -0.4 is 5.32 Å². The third kappa shape index (κ3) is 2.72. The van der Waals surface area contributed by atoms with Crippen LogP contribution in [0.25, 0.3) is 0 Å². The Bertz CT molecular complexity index is 574. The van der Waals surface area contributed by atoms with E-state index in [4.69, 9.17) is 11.6 Å². The van der Waals surface area contributed by atoms with Gasteiger partial charge in [-0.15, -0.1) is 0 Å². The van der Waals surface area contributed by atoms with Crippen molar-refractivity contribution in [3.05, 3.63) is 28.8 Å². The SMILES string of the molecule is CN1C(=O)CC(Nc2cc(C(F)(F)F)ccc2Cl)C1=O. The molecule has 1 N–H and O–H groups in total. The molecule has 0 bridgehead atoms. The van der Waals surface area contributed by atoms with E-state index in [1.807, 2.05) is 0 Å². The predicted octanol–water partition coefficient (Wildman–Crippen LogP) is 2.53. The average molecular weight is 307 g/mol. The van der Waals surface area contributed by atoms with Gasteiger partial charge in [0.15, 0.2) is 0 Å². The maximum absolute atomic E-state index is 12.6. The number of amides is 2. The number of alkyl halides is 3. The Hall–Kier alpha value is -1.76. The molecular formula is C12H10ClF3N2O2. The molecular weight excluding hydrogens is 297 g/mol. The highest BCUT2D eigenvalue weighted by atomic mass is 35.5.